The number of hydrogen-bond acceptors (Lipinski definition) is 2. The van der Waals surface area contributed by atoms with Crippen LogP contribution in [0.15, 0.2) is 24.3 Å². The molecule has 70 valence electrons. The molecular weight excluding hydrogens is 164 g/mol. The Morgan fingerprint density at radius 3 is 2.31 bits per heavy atom. The highest BCUT2D eigenvalue weighted by Crippen LogP contribution is 2.37. The lowest BCUT2D eigenvalue weighted by Crippen LogP contribution is -2.37. The van der Waals surface area contributed by atoms with Gasteiger partial charge in [0.2, 0.25) is 0 Å². The average molecular weight is 178 g/mol. The van der Waals surface area contributed by atoms with Crippen LogP contribution in [-0.4, -0.2) is 13.7 Å². The van der Waals surface area contributed by atoms with Crippen molar-refractivity contribution in [2.45, 2.75) is 18.9 Å². The minimum absolute atomic E-state index is 0.0493. The van der Waals surface area contributed by atoms with E-state index in [9.17, 15) is 0 Å². The Hall–Kier alpha value is -1.02. The van der Waals surface area contributed by atoms with Crippen molar-refractivity contribution in [2.75, 3.05) is 13.7 Å². The zero-order valence-electron chi connectivity index (χ0n) is 8.04. The van der Waals surface area contributed by atoms with Gasteiger partial charge in [0.25, 0.3) is 0 Å². The van der Waals surface area contributed by atoms with Crippen LogP contribution in [0.3, 0.4) is 0 Å². The Morgan fingerprint density at radius 2 is 1.92 bits per heavy atom. The molecular formula is C11H14O2. The minimum Gasteiger partial charge on any atom is -0.497 e. The second-order valence-electron chi connectivity index (χ2n) is 3.56. The lowest BCUT2D eigenvalue weighted by Gasteiger charge is -2.39. The summed E-state index contributed by atoms with van der Waals surface area (Å²) in [5.41, 5.74) is 1.19. The first kappa shape index (κ1) is 8.57. The molecule has 0 amide bonds. The summed E-state index contributed by atoms with van der Waals surface area (Å²) in [4.78, 5) is 0. The molecule has 1 saturated heterocycles. The van der Waals surface area contributed by atoms with E-state index in [0.717, 1.165) is 18.8 Å². The van der Waals surface area contributed by atoms with Gasteiger partial charge in [-0.05, 0) is 24.6 Å². The molecule has 0 radical (unpaired) electrons. The Balaban J connectivity index is 2.22. The number of rotatable bonds is 2. The number of benzene rings is 1. The Bertz CT molecular complexity index is 285. The topological polar surface area (TPSA) is 18.5 Å². The van der Waals surface area contributed by atoms with Crippen molar-refractivity contribution in [3.63, 3.8) is 0 Å². The van der Waals surface area contributed by atoms with E-state index in [2.05, 4.69) is 19.1 Å². The second-order valence-corrected chi connectivity index (χ2v) is 3.56. The molecule has 1 unspecified atom stereocenters. The van der Waals surface area contributed by atoms with Gasteiger partial charge in [-0.2, -0.15) is 0 Å². The van der Waals surface area contributed by atoms with Gasteiger partial charge >= 0.3 is 0 Å². The van der Waals surface area contributed by atoms with Crippen LogP contribution in [0.25, 0.3) is 0 Å². The molecule has 1 fully saturated rings. The summed E-state index contributed by atoms with van der Waals surface area (Å²) in [5.74, 6) is 0.895. The highest BCUT2D eigenvalue weighted by atomic mass is 16.5. The van der Waals surface area contributed by atoms with Gasteiger partial charge in [0.1, 0.15) is 5.75 Å². The Labute approximate surface area is 78.5 Å². The first-order valence-electron chi connectivity index (χ1n) is 4.53. The zero-order valence-corrected chi connectivity index (χ0v) is 8.04. The highest BCUT2D eigenvalue weighted by Gasteiger charge is 2.34. The number of hydrogen-bond donors (Lipinski definition) is 0. The van der Waals surface area contributed by atoms with Crippen LogP contribution in [0.2, 0.25) is 0 Å². The van der Waals surface area contributed by atoms with Gasteiger partial charge in [-0.25, -0.2) is 0 Å². The molecule has 1 atom stereocenters. The molecule has 1 aliphatic rings. The first-order chi connectivity index (χ1) is 6.24. The SMILES string of the molecule is COc1ccc(C2(C)CCO2)cc1. The molecule has 0 saturated carbocycles. The van der Waals surface area contributed by atoms with Gasteiger partial charge in [0.05, 0.1) is 19.3 Å². The second kappa shape index (κ2) is 3.04. The molecule has 1 aromatic carbocycles. The third-order valence-corrected chi connectivity index (χ3v) is 2.70. The summed E-state index contributed by atoms with van der Waals surface area (Å²) >= 11 is 0. The summed E-state index contributed by atoms with van der Waals surface area (Å²) < 4.78 is 10.6. The van der Waals surface area contributed by atoms with E-state index >= 15 is 0 Å². The van der Waals surface area contributed by atoms with Crippen molar-refractivity contribution < 1.29 is 9.47 Å². The molecule has 0 aliphatic carbocycles. The van der Waals surface area contributed by atoms with Crippen LogP contribution < -0.4 is 4.74 Å². The van der Waals surface area contributed by atoms with E-state index in [1.165, 1.54) is 5.56 Å². The zero-order chi connectivity index (χ0) is 9.31. The van der Waals surface area contributed by atoms with Crippen LogP contribution in [0.4, 0.5) is 0 Å². The lowest BCUT2D eigenvalue weighted by atomic mass is 9.89. The molecule has 0 spiro atoms. The van der Waals surface area contributed by atoms with Crippen LogP contribution in [0.1, 0.15) is 18.9 Å². The van der Waals surface area contributed by atoms with Gasteiger partial charge in [-0.15, -0.1) is 0 Å². The largest absolute Gasteiger partial charge is 0.497 e. The predicted octanol–water partition coefficient (Wildman–Crippen LogP) is 2.33. The smallest absolute Gasteiger partial charge is 0.118 e. The highest BCUT2D eigenvalue weighted by molar-refractivity contribution is 5.31. The minimum atomic E-state index is -0.0493. The maximum absolute atomic E-state index is 5.54. The fourth-order valence-corrected chi connectivity index (χ4v) is 1.58. The molecule has 1 aromatic rings. The first-order valence-corrected chi connectivity index (χ1v) is 4.53. The monoisotopic (exact) mass is 178 g/mol. The van der Waals surface area contributed by atoms with Gasteiger partial charge < -0.3 is 9.47 Å². The van der Waals surface area contributed by atoms with Crippen LogP contribution in [0, 0.1) is 0 Å². The molecule has 2 nitrogen and oxygen atoms in total. The average Bonchev–Trinajstić information content (AvgIpc) is 2.14. The van der Waals surface area contributed by atoms with Gasteiger partial charge in [-0.1, -0.05) is 12.1 Å². The third-order valence-electron chi connectivity index (χ3n) is 2.70. The van der Waals surface area contributed by atoms with Gasteiger partial charge in [0.15, 0.2) is 0 Å². The molecule has 1 heterocycles. The van der Waals surface area contributed by atoms with E-state index in [1.807, 2.05) is 12.1 Å². The summed E-state index contributed by atoms with van der Waals surface area (Å²) in [7, 11) is 1.68. The molecule has 1 aliphatic heterocycles. The van der Waals surface area contributed by atoms with Crippen LogP contribution >= 0.6 is 0 Å². The lowest BCUT2D eigenvalue weighted by molar-refractivity contribution is -0.140. The number of methoxy groups -OCH3 is 1. The molecule has 13 heavy (non-hydrogen) atoms. The van der Waals surface area contributed by atoms with Crippen molar-refractivity contribution in [1.29, 1.82) is 0 Å². The van der Waals surface area contributed by atoms with E-state index < -0.39 is 0 Å². The van der Waals surface area contributed by atoms with E-state index in [-0.39, 0.29) is 5.60 Å². The summed E-state index contributed by atoms with van der Waals surface area (Å²) in [6.45, 7) is 3.00. The molecule has 0 bridgehead atoms. The molecule has 0 aromatic heterocycles. The summed E-state index contributed by atoms with van der Waals surface area (Å²) in [6, 6.07) is 8.08. The summed E-state index contributed by atoms with van der Waals surface area (Å²) in [6.07, 6.45) is 1.11. The van der Waals surface area contributed by atoms with E-state index in [0.29, 0.717) is 0 Å². The van der Waals surface area contributed by atoms with Gasteiger partial charge in [-0.3, -0.25) is 0 Å². The van der Waals surface area contributed by atoms with Crippen molar-refractivity contribution >= 4 is 0 Å². The summed E-state index contributed by atoms with van der Waals surface area (Å²) in [5, 5.41) is 0. The van der Waals surface area contributed by atoms with Crippen LogP contribution in [0.5, 0.6) is 5.75 Å². The van der Waals surface area contributed by atoms with E-state index in [1.54, 1.807) is 7.11 Å². The maximum atomic E-state index is 5.54. The third kappa shape index (κ3) is 1.42. The quantitative estimate of drug-likeness (QED) is 0.692. The van der Waals surface area contributed by atoms with Crippen molar-refractivity contribution in [1.82, 2.24) is 0 Å². The van der Waals surface area contributed by atoms with Crippen LogP contribution in [-0.2, 0) is 10.3 Å². The fraction of sp³-hybridized carbons (Fsp3) is 0.455. The van der Waals surface area contributed by atoms with Crippen molar-refractivity contribution in [2.24, 2.45) is 0 Å². The predicted molar refractivity (Wildman–Crippen MR) is 50.9 cm³/mol. The standard InChI is InChI=1S/C11H14O2/c1-11(7-8-13-11)9-3-5-10(12-2)6-4-9/h3-6H,7-8H2,1-2H3. The number of ether oxygens (including phenoxy) is 2. The Morgan fingerprint density at radius 1 is 1.31 bits per heavy atom. The Kier molecular flexibility index (Phi) is 2.00. The molecule has 2 heteroatoms. The normalized spacial score (nSPS) is 26.6. The fourth-order valence-electron chi connectivity index (χ4n) is 1.58. The maximum Gasteiger partial charge on any atom is 0.118 e. The molecule has 2 rings (SSSR count). The van der Waals surface area contributed by atoms with Crippen molar-refractivity contribution in [3.8, 4) is 5.75 Å². The van der Waals surface area contributed by atoms with E-state index in [4.69, 9.17) is 9.47 Å². The van der Waals surface area contributed by atoms with Gasteiger partial charge in [0, 0.05) is 6.42 Å². The molecule has 0 N–H and O–H groups in total. The van der Waals surface area contributed by atoms with Crippen molar-refractivity contribution in [3.05, 3.63) is 29.8 Å².